The Labute approximate surface area is 148 Å². The van der Waals surface area contributed by atoms with Crippen LogP contribution >= 0.6 is 0 Å². The summed E-state index contributed by atoms with van der Waals surface area (Å²) in [6.45, 7) is 6.48. The largest absolute Gasteiger partial charge is 0.494 e. The zero-order chi connectivity index (χ0) is 17.8. The maximum absolute atomic E-state index is 11.7. The first kappa shape index (κ1) is 21.0. The number of aryl methyl sites for hydroxylation is 1. The molecule has 3 nitrogen and oxygen atoms in total. The summed E-state index contributed by atoms with van der Waals surface area (Å²) in [6.07, 6.45) is 8.58. The fraction of sp³-hybridized carbons (Fsp3) is 0.700. The maximum atomic E-state index is 11.7. The van der Waals surface area contributed by atoms with Crippen molar-refractivity contribution in [3.05, 3.63) is 29.8 Å². The van der Waals surface area contributed by atoms with E-state index in [4.69, 9.17) is 4.74 Å². The lowest BCUT2D eigenvalue weighted by atomic mass is 10.1. The Morgan fingerprint density at radius 3 is 2.17 bits per heavy atom. The average molecular weight is 355 g/mol. The van der Waals surface area contributed by atoms with Gasteiger partial charge in [0.05, 0.1) is 17.6 Å². The Kier molecular flexibility index (Phi) is 10.1. The lowest BCUT2D eigenvalue weighted by Crippen LogP contribution is -2.17. The van der Waals surface area contributed by atoms with Crippen LogP contribution in [-0.4, -0.2) is 26.0 Å². The molecule has 0 fully saturated rings. The molecule has 24 heavy (non-hydrogen) atoms. The molecule has 1 aromatic carbocycles. The van der Waals surface area contributed by atoms with Gasteiger partial charge in [-0.1, -0.05) is 44.7 Å². The molecule has 138 valence electrons. The van der Waals surface area contributed by atoms with E-state index in [2.05, 4.69) is 31.2 Å². The summed E-state index contributed by atoms with van der Waals surface area (Å²) in [4.78, 5) is 0. The summed E-state index contributed by atoms with van der Waals surface area (Å²) in [5.74, 6) is 1.29. The molecule has 0 radical (unpaired) electrons. The third-order valence-corrected chi connectivity index (χ3v) is 6.60. The normalized spacial score (nSPS) is 11.8. The highest BCUT2D eigenvalue weighted by Gasteiger charge is 2.14. The minimum atomic E-state index is -2.86. The smallest absolute Gasteiger partial charge is 0.152 e. The van der Waals surface area contributed by atoms with Crippen molar-refractivity contribution in [2.75, 3.05) is 12.4 Å². The summed E-state index contributed by atoms with van der Waals surface area (Å²) < 4.78 is 29.1. The first-order valence-corrected chi connectivity index (χ1v) is 11.1. The van der Waals surface area contributed by atoms with Gasteiger partial charge in [-0.25, -0.2) is 8.42 Å². The predicted molar refractivity (Wildman–Crippen MR) is 103 cm³/mol. The van der Waals surface area contributed by atoms with E-state index < -0.39 is 9.84 Å². The van der Waals surface area contributed by atoms with Crippen LogP contribution in [0.2, 0.25) is 0 Å². The fourth-order valence-electron chi connectivity index (χ4n) is 2.49. The molecule has 0 aromatic heterocycles. The molecule has 0 atom stereocenters. The quantitative estimate of drug-likeness (QED) is 0.458. The minimum Gasteiger partial charge on any atom is -0.494 e. The second-order valence-electron chi connectivity index (χ2n) is 6.78. The number of hydrogen-bond acceptors (Lipinski definition) is 3. The minimum absolute atomic E-state index is 0.244. The molecule has 0 saturated heterocycles. The van der Waals surface area contributed by atoms with Gasteiger partial charge in [-0.05, 0) is 57.2 Å². The molecular weight excluding hydrogens is 320 g/mol. The van der Waals surface area contributed by atoms with E-state index in [-0.39, 0.29) is 5.25 Å². The van der Waals surface area contributed by atoms with Crippen LogP contribution in [0.25, 0.3) is 0 Å². The van der Waals surface area contributed by atoms with E-state index in [0.717, 1.165) is 63.7 Å². The molecule has 0 spiro atoms. The van der Waals surface area contributed by atoms with E-state index in [1.807, 2.05) is 0 Å². The Balaban J connectivity index is 2.11. The summed E-state index contributed by atoms with van der Waals surface area (Å²) >= 11 is 0. The molecule has 0 heterocycles. The SMILES string of the molecule is CCCCOc1ccc(CCCCCCCS(=O)(=O)C(C)C)cc1. The summed E-state index contributed by atoms with van der Waals surface area (Å²) in [5.41, 5.74) is 1.35. The standard InChI is InChI=1S/C20H34O3S/c1-4-5-16-23-20-14-12-19(13-15-20)11-9-7-6-8-10-17-24(21,22)18(2)3/h12-15,18H,4-11,16-17H2,1-3H3. The van der Waals surface area contributed by atoms with Crippen LogP contribution in [0.3, 0.4) is 0 Å². The third-order valence-electron chi connectivity index (χ3n) is 4.30. The Hall–Kier alpha value is -1.03. The van der Waals surface area contributed by atoms with Crippen LogP contribution in [0.4, 0.5) is 0 Å². The number of sulfone groups is 1. The highest BCUT2D eigenvalue weighted by Crippen LogP contribution is 2.15. The highest BCUT2D eigenvalue weighted by atomic mass is 32.2. The molecule has 0 unspecified atom stereocenters. The van der Waals surface area contributed by atoms with Gasteiger partial charge in [0.2, 0.25) is 0 Å². The Morgan fingerprint density at radius 2 is 1.54 bits per heavy atom. The summed E-state index contributed by atoms with van der Waals surface area (Å²) in [6, 6.07) is 8.41. The summed E-state index contributed by atoms with van der Waals surface area (Å²) in [5, 5.41) is -0.244. The van der Waals surface area contributed by atoms with Gasteiger partial charge in [0.15, 0.2) is 9.84 Å². The van der Waals surface area contributed by atoms with Crippen LogP contribution in [0.15, 0.2) is 24.3 Å². The zero-order valence-corrected chi connectivity index (χ0v) is 16.4. The predicted octanol–water partition coefficient (Wildman–Crippen LogP) is 5.18. The van der Waals surface area contributed by atoms with E-state index in [1.54, 1.807) is 13.8 Å². The van der Waals surface area contributed by atoms with Crippen LogP contribution in [-0.2, 0) is 16.3 Å². The molecule has 0 bridgehead atoms. The molecular formula is C20H34O3S. The third kappa shape index (κ3) is 8.72. The first-order valence-electron chi connectivity index (χ1n) is 9.39. The lowest BCUT2D eigenvalue weighted by Gasteiger charge is -2.08. The molecule has 0 amide bonds. The van der Waals surface area contributed by atoms with Crippen LogP contribution in [0, 0.1) is 0 Å². The first-order chi connectivity index (χ1) is 11.5. The fourth-order valence-corrected chi connectivity index (χ4v) is 3.56. The highest BCUT2D eigenvalue weighted by molar-refractivity contribution is 7.91. The maximum Gasteiger partial charge on any atom is 0.152 e. The van der Waals surface area contributed by atoms with Gasteiger partial charge in [-0.2, -0.15) is 0 Å². The molecule has 1 aromatic rings. The van der Waals surface area contributed by atoms with Gasteiger partial charge >= 0.3 is 0 Å². The van der Waals surface area contributed by atoms with Gasteiger partial charge in [-0.15, -0.1) is 0 Å². The summed E-state index contributed by atoms with van der Waals surface area (Å²) in [7, 11) is -2.86. The number of unbranched alkanes of at least 4 members (excludes halogenated alkanes) is 5. The Morgan fingerprint density at radius 1 is 0.917 bits per heavy atom. The number of ether oxygens (including phenoxy) is 1. The van der Waals surface area contributed by atoms with Crippen molar-refractivity contribution in [1.82, 2.24) is 0 Å². The molecule has 0 N–H and O–H groups in total. The van der Waals surface area contributed by atoms with Gasteiger partial charge in [0.1, 0.15) is 5.75 Å². The number of rotatable bonds is 13. The van der Waals surface area contributed by atoms with Crippen LogP contribution < -0.4 is 4.74 Å². The second kappa shape index (κ2) is 11.5. The monoisotopic (exact) mass is 354 g/mol. The zero-order valence-electron chi connectivity index (χ0n) is 15.6. The number of hydrogen-bond donors (Lipinski definition) is 0. The Bertz CT molecular complexity index is 533. The van der Waals surface area contributed by atoms with Crippen molar-refractivity contribution < 1.29 is 13.2 Å². The topological polar surface area (TPSA) is 43.4 Å². The lowest BCUT2D eigenvalue weighted by molar-refractivity contribution is 0.309. The molecule has 4 heteroatoms. The van der Waals surface area contributed by atoms with Gasteiger partial charge < -0.3 is 4.74 Å². The van der Waals surface area contributed by atoms with Crippen LogP contribution in [0.5, 0.6) is 5.75 Å². The van der Waals surface area contributed by atoms with E-state index in [0.29, 0.717) is 5.75 Å². The van der Waals surface area contributed by atoms with Crippen molar-refractivity contribution >= 4 is 9.84 Å². The second-order valence-corrected chi connectivity index (χ2v) is 9.46. The van der Waals surface area contributed by atoms with Crippen molar-refractivity contribution in [3.63, 3.8) is 0 Å². The van der Waals surface area contributed by atoms with Crippen molar-refractivity contribution in [2.24, 2.45) is 0 Å². The molecule has 0 aliphatic rings. The molecule has 1 rings (SSSR count). The van der Waals surface area contributed by atoms with E-state index >= 15 is 0 Å². The van der Waals surface area contributed by atoms with Crippen molar-refractivity contribution in [3.8, 4) is 5.75 Å². The molecule has 0 aliphatic heterocycles. The van der Waals surface area contributed by atoms with Crippen LogP contribution in [0.1, 0.15) is 71.3 Å². The van der Waals surface area contributed by atoms with E-state index in [9.17, 15) is 8.42 Å². The average Bonchev–Trinajstić information content (AvgIpc) is 2.55. The van der Waals surface area contributed by atoms with Gasteiger partial charge in [-0.3, -0.25) is 0 Å². The van der Waals surface area contributed by atoms with Gasteiger partial charge in [0, 0.05) is 0 Å². The van der Waals surface area contributed by atoms with E-state index in [1.165, 1.54) is 5.56 Å². The molecule has 0 saturated carbocycles. The van der Waals surface area contributed by atoms with Crippen molar-refractivity contribution in [2.45, 2.75) is 77.4 Å². The van der Waals surface area contributed by atoms with Crippen molar-refractivity contribution in [1.29, 1.82) is 0 Å². The molecule has 0 aliphatic carbocycles. The number of benzene rings is 1. The van der Waals surface area contributed by atoms with Gasteiger partial charge in [0.25, 0.3) is 0 Å².